The zero-order chi connectivity index (χ0) is 23.0. The molecule has 4 N–H and O–H groups in total. The van der Waals surface area contributed by atoms with Crippen molar-refractivity contribution in [2.45, 2.75) is 6.54 Å². The number of nitrogens with zero attached hydrogens (tertiary/aromatic N) is 6. The number of methoxy groups -OCH3 is 1. The Morgan fingerprint density at radius 2 is 1.88 bits per heavy atom. The van der Waals surface area contributed by atoms with E-state index >= 15 is 0 Å². The molecule has 0 saturated heterocycles. The topological polar surface area (TPSA) is 138 Å². The van der Waals surface area contributed by atoms with Crippen LogP contribution in [0.2, 0.25) is 0 Å². The first-order valence-electron chi connectivity index (χ1n) is 9.30. The first-order valence-corrected chi connectivity index (χ1v) is 9.30. The van der Waals surface area contributed by atoms with E-state index in [-0.39, 0.29) is 40.8 Å². The van der Waals surface area contributed by atoms with Gasteiger partial charge in [0, 0.05) is 12.6 Å². The van der Waals surface area contributed by atoms with Crippen molar-refractivity contribution in [1.29, 1.82) is 0 Å². The van der Waals surface area contributed by atoms with Crippen molar-refractivity contribution >= 4 is 34.4 Å². The van der Waals surface area contributed by atoms with Crippen LogP contribution in [0.15, 0.2) is 36.5 Å². The van der Waals surface area contributed by atoms with Crippen LogP contribution in [0, 0.1) is 11.6 Å². The number of nitrogen functional groups attached to an aromatic ring is 2. The van der Waals surface area contributed by atoms with E-state index < -0.39 is 17.7 Å². The molecule has 0 spiro atoms. The number of aromatic nitrogens is 5. The first-order chi connectivity index (χ1) is 15.3. The number of ether oxygens (including phenoxy) is 1. The third-order valence-corrected chi connectivity index (χ3v) is 4.77. The lowest BCUT2D eigenvalue weighted by Gasteiger charge is -2.18. The van der Waals surface area contributed by atoms with E-state index in [1.54, 1.807) is 18.2 Å². The van der Waals surface area contributed by atoms with Crippen molar-refractivity contribution in [2.75, 3.05) is 30.5 Å². The highest BCUT2D eigenvalue weighted by Gasteiger charge is 2.23. The van der Waals surface area contributed by atoms with Crippen LogP contribution in [0.5, 0.6) is 0 Å². The second kappa shape index (κ2) is 8.06. The van der Waals surface area contributed by atoms with Gasteiger partial charge in [0.15, 0.2) is 23.1 Å². The van der Waals surface area contributed by atoms with Crippen molar-refractivity contribution in [1.82, 2.24) is 24.7 Å². The van der Waals surface area contributed by atoms with Gasteiger partial charge in [-0.1, -0.05) is 18.2 Å². The molecule has 164 valence electrons. The van der Waals surface area contributed by atoms with Gasteiger partial charge in [0.1, 0.15) is 23.0 Å². The Kier molecular flexibility index (Phi) is 5.26. The van der Waals surface area contributed by atoms with Gasteiger partial charge >= 0.3 is 6.09 Å². The van der Waals surface area contributed by atoms with Crippen LogP contribution in [-0.4, -0.2) is 45.0 Å². The van der Waals surface area contributed by atoms with Crippen LogP contribution in [0.3, 0.4) is 0 Å². The summed E-state index contributed by atoms with van der Waals surface area (Å²) >= 11 is 0. The first kappa shape index (κ1) is 20.9. The molecule has 0 unspecified atom stereocenters. The Hall–Kier alpha value is -4.35. The maximum atomic E-state index is 14.2. The van der Waals surface area contributed by atoms with Gasteiger partial charge in [-0.15, -0.1) is 0 Å². The zero-order valence-corrected chi connectivity index (χ0v) is 17.1. The van der Waals surface area contributed by atoms with Gasteiger partial charge < -0.3 is 16.2 Å². The van der Waals surface area contributed by atoms with E-state index in [4.69, 9.17) is 11.5 Å². The molecule has 12 heteroatoms. The van der Waals surface area contributed by atoms with Crippen molar-refractivity contribution < 1.29 is 18.3 Å². The molecular weight excluding hydrogens is 422 g/mol. The number of pyridine rings is 1. The van der Waals surface area contributed by atoms with Crippen molar-refractivity contribution in [3.05, 3.63) is 53.7 Å². The molecule has 0 aliphatic heterocycles. The Labute approximate surface area is 180 Å². The summed E-state index contributed by atoms with van der Waals surface area (Å²) in [6.07, 6.45) is 0.314. The molecule has 0 fully saturated rings. The lowest BCUT2D eigenvalue weighted by Crippen LogP contribution is -2.28. The zero-order valence-electron chi connectivity index (χ0n) is 17.1. The standard InChI is InChI=1S/C20H18F2N8O2/c1-29(20(31)32-2)15-16(23)26-18(27-17(15)24)14-12-7-11(21)8-25-19(12)30(28-14)9-10-5-3-4-6-13(10)22/h3-8H,9H2,1-2H3,(H4,23,24,26,27). The highest BCUT2D eigenvalue weighted by Crippen LogP contribution is 2.32. The van der Waals surface area contributed by atoms with Gasteiger partial charge in [0.25, 0.3) is 0 Å². The molecule has 0 atom stereocenters. The minimum Gasteiger partial charge on any atom is -0.452 e. The molecule has 32 heavy (non-hydrogen) atoms. The van der Waals surface area contributed by atoms with E-state index in [1.165, 1.54) is 31.0 Å². The molecular formula is C20H18F2N8O2. The van der Waals surface area contributed by atoms with Crippen LogP contribution in [0.1, 0.15) is 5.56 Å². The number of halogens is 2. The number of anilines is 3. The molecule has 4 aromatic rings. The van der Waals surface area contributed by atoms with E-state index in [0.717, 1.165) is 11.1 Å². The third kappa shape index (κ3) is 3.62. The maximum absolute atomic E-state index is 14.2. The minimum absolute atomic E-state index is 0.00769. The van der Waals surface area contributed by atoms with Crippen LogP contribution in [0.4, 0.5) is 30.9 Å². The SMILES string of the molecule is COC(=O)N(C)c1c(N)nc(-c2nn(Cc3ccccc3F)c3ncc(F)cc23)nc1N. The summed E-state index contributed by atoms with van der Waals surface area (Å²) < 4.78 is 34.2. The lowest BCUT2D eigenvalue weighted by molar-refractivity contribution is 0.180. The quantitative estimate of drug-likeness (QED) is 0.494. The molecule has 0 radical (unpaired) electrons. The fourth-order valence-corrected chi connectivity index (χ4v) is 3.27. The Balaban J connectivity index is 1.85. The third-order valence-electron chi connectivity index (χ3n) is 4.77. The number of fused-ring (bicyclic) bond motifs is 1. The molecule has 0 saturated carbocycles. The maximum Gasteiger partial charge on any atom is 0.413 e. The molecule has 10 nitrogen and oxygen atoms in total. The van der Waals surface area contributed by atoms with Crippen LogP contribution in [0.25, 0.3) is 22.6 Å². The molecule has 1 amide bonds. The summed E-state index contributed by atoms with van der Waals surface area (Å²) in [4.78, 5) is 25.4. The molecule has 3 heterocycles. The Bertz CT molecular complexity index is 1320. The van der Waals surface area contributed by atoms with Gasteiger partial charge in [-0.2, -0.15) is 5.10 Å². The van der Waals surface area contributed by atoms with Gasteiger partial charge in [0.05, 0.1) is 25.2 Å². The van der Waals surface area contributed by atoms with E-state index in [0.29, 0.717) is 11.2 Å². The minimum atomic E-state index is -0.717. The van der Waals surface area contributed by atoms with Crippen LogP contribution in [-0.2, 0) is 11.3 Å². The number of amides is 1. The number of hydrogen-bond donors (Lipinski definition) is 2. The lowest BCUT2D eigenvalue weighted by atomic mass is 10.2. The Morgan fingerprint density at radius 1 is 1.19 bits per heavy atom. The summed E-state index contributed by atoms with van der Waals surface area (Å²) in [5.74, 6) is -1.25. The molecule has 4 rings (SSSR count). The van der Waals surface area contributed by atoms with Crippen LogP contribution < -0.4 is 16.4 Å². The molecule has 0 aliphatic rings. The highest BCUT2D eigenvalue weighted by molar-refractivity contribution is 5.96. The van der Waals surface area contributed by atoms with Crippen molar-refractivity contribution in [3.8, 4) is 11.5 Å². The highest BCUT2D eigenvalue weighted by atomic mass is 19.1. The summed E-state index contributed by atoms with van der Waals surface area (Å²) in [5.41, 5.74) is 12.9. The molecule has 0 bridgehead atoms. The van der Waals surface area contributed by atoms with Crippen molar-refractivity contribution in [2.24, 2.45) is 0 Å². The fraction of sp³-hybridized carbons (Fsp3) is 0.150. The smallest absolute Gasteiger partial charge is 0.413 e. The number of benzene rings is 1. The largest absolute Gasteiger partial charge is 0.452 e. The second-order valence-corrected chi connectivity index (χ2v) is 6.82. The molecule has 0 aliphatic carbocycles. The normalized spacial score (nSPS) is 11.0. The summed E-state index contributed by atoms with van der Waals surface area (Å²) in [6.45, 7) is 0.0376. The summed E-state index contributed by atoms with van der Waals surface area (Å²) in [7, 11) is 2.60. The second-order valence-electron chi connectivity index (χ2n) is 6.82. The average molecular weight is 440 g/mol. The number of rotatable bonds is 4. The van der Waals surface area contributed by atoms with E-state index in [9.17, 15) is 13.6 Å². The van der Waals surface area contributed by atoms with E-state index in [1.807, 2.05) is 0 Å². The summed E-state index contributed by atoms with van der Waals surface area (Å²) in [6, 6.07) is 7.42. The van der Waals surface area contributed by atoms with E-state index in [2.05, 4.69) is 24.8 Å². The van der Waals surface area contributed by atoms with Gasteiger partial charge in [-0.25, -0.2) is 33.2 Å². The fourth-order valence-electron chi connectivity index (χ4n) is 3.27. The van der Waals surface area contributed by atoms with Crippen molar-refractivity contribution in [3.63, 3.8) is 0 Å². The Morgan fingerprint density at radius 3 is 2.53 bits per heavy atom. The van der Waals surface area contributed by atoms with Gasteiger partial charge in [-0.3, -0.25) is 4.90 Å². The molecule has 1 aromatic carbocycles. The number of nitrogens with two attached hydrogens (primary N) is 2. The number of carbonyl (C=O) groups is 1. The molecule has 3 aromatic heterocycles. The average Bonchev–Trinajstić information content (AvgIpc) is 3.11. The monoisotopic (exact) mass is 440 g/mol. The summed E-state index contributed by atoms with van der Waals surface area (Å²) in [5, 5.41) is 4.71. The van der Waals surface area contributed by atoms with Gasteiger partial charge in [-0.05, 0) is 12.1 Å². The predicted octanol–water partition coefficient (Wildman–Crippen LogP) is 2.58. The number of carbonyl (C=O) groups excluding carboxylic acids is 1. The van der Waals surface area contributed by atoms with Crippen LogP contribution >= 0.6 is 0 Å². The van der Waals surface area contributed by atoms with Gasteiger partial charge in [0.2, 0.25) is 0 Å². The predicted molar refractivity (Wildman–Crippen MR) is 114 cm³/mol. The number of hydrogen-bond acceptors (Lipinski definition) is 8.